The number of piperidine rings is 1. The second kappa shape index (κ2) is 6.87. The van der Waals surface area contributed by atoms with Gasteiger partial charge in [-0.1, -0.05) is 12.1 Å². The lowest BCUT2D eigenvalue weighted by Gasteiger charge is -2.35. The molecule has 1 N–H and O–H groups in total. The summed E-state index contributed by atoms with van der Waals surface area (Å²) in [6.45, 7) is 0.892. The second-order valence-electron chi connectivity index (χ2n) is 5.86. The fraction of sp³-hybridized carbons (Fsp3) is 0.500. The highest BCUT2D eigenvalue weighted by molar-refractivity contribution is 5.83. The van der Waals surface area contributed by atoms with E-state index < -0.39 is 12.0 Å². The van der Waals surface area contributed by atoms with Crippen LogP contribution in [0.2, 0.25) is 0 Å². The SMILES string of the molecule is CN(C)C(C(=O)N1CCC(C(=O)O)CC1)c1ccc(F)cc1. The standard InChI is InChI=1S/C16H21FN2O3/c1-18(2)14(11-3-5-13(17)6-4-11)15(20)19-9-7-12(8-10-19)16(21)22/h3-6,12,14H,7-10H2,1-2H3,(H,21,22). The van der Waals surface area contributed by atoms with Crippen molar-refractivity contribution < 1.29 is 19.1 Å². The fourth-order valence-corrected chi connectivity index (χ4v) is 2.83. The van der Waals surface area contributed by atoms with Crippen LogP contribution in [0, 0.1) is 11.7 Å². The largest absolute Gasteiger partial charge is 0.481 e. The van der Waals surface area contributed by atoms with E-state index in [1.165, 1.54) is 12.1 Å². The molecule has 1 aliphatic rings. The molecule has 1 atom stereocenters. The van der Waals surface area contributed by atoms with Crippen molar-refractivity contribution in [3.8, 4) is 0 Å². The van der Waals surface area contributed by atoms with Crippen LogP contribution in [0.25, 0.3) is 0 Å². The van der Waals surface area contributed by atoms with E-state index in [0.29, 0.717) is 25.9 Å². The zero-order valence-electron chi connectivity index (χ0n) is 12.8. The Labute approximate surface area is 129 Å². The third-order valence-electron chi connectivity index (χ3n) is 4.09. The van der Waals surface area contributed by atoms with Crippen LogP contribution in [0.5, 0.6) is 0 Å². The number of halogens is 1. The zero-order chi connectivity index (χ0) is 16.3. The molecule has 1 unspecified atom stereocenters. The van der Waals surface area contributed by atoms with Gasteiger partial charge >= 0.3 is 5.97 Å². The van der Waals surface area contributed by atoms with Gasteiger partial charge in [0.1, 0.15) is 11.9 Å². The molecular weight excluding hydrogens is 287 g/mol. The van der Waals surface area contributed by atoms with Gasteiger partial charge in [-0.25, -0.2) is 4.39 Å². The van der Waals surface area contributed by atoms with Crippen molar-refractivity contribution in [3.05, 3.63) is 35.6 Å². The number of carboxylic acid groups (broad SMARTS) is 1. The predicted molar refractivity (Wildman–Crippen MR) is 79.8 cm³/mol. The minimum Gasteiger partial charge on any atom is -0.481 e. The molecule has 1 aromatic carbocycles. The lowest BCUT2D eigenvalue weighted by Crippen LogP contribution is -2.45. The number of hydrogen-bond donors (Lipinski definition) is 1. The lowest BCUT2D eigenvalue weighted by molar-refractivity contribution is -0.147. The number of carbonyl (C=O) groups is 2. The minimum atomic E-state index is -0.796. The lowest BCUT2D eigenvalue weighted by atomic mass is 9.95. The number of hydrogen-bond acceptors (Lipinski definition) is 3. The predicted octanol–water partition coefficient (Wildman–Crippen LogP) is 1.75. The van der Waals surface area contributed by atoms with E-state index in [1.54, 1.807) is 36.0 Å². The first-order valence-electron chi connectivity index (χ1n) is 7.33. The Morgan fingerprint density at radius 2 is 1.77 bits per heavy atom. The van der Waals surface area contributed by atoms with Crippen LogP contribution in [0.1, 0.15) is 24.4 Å². The Hall–Kier alpha value is -1.95. The molecular formula is C16H21FN2O3. The average Bonchev–Trinajstić information content (AvgIpc) is 2.49. The highest BCUT2D eigenvalue weighted by Crippen LogP contribution is 2.25. The van der Waals surface area contributed by atoms with Crippen LogP contribution in [0.15, 0.2) is 24.3 Å². The van der Waals surface area contributed by atoms with Crippen LogP contribution in [0.4, 0.5) is 4.39 Å². The topological polar surface area (TPSA) is 60.9 Å². The van der Waals surface area contributed by atoms with E-state index in [9.17, 15) is 14.0 Å². The summed E-state index contributed by atoms with van der Waals surface area (Å²) in [4.78, 5) is 27.2. The van der Waals surface area contributed by atoms with Crippen molar-refractivity contribution in [1.82, 2.24) is 9.80 Å². The Kier molecular flexibility index (Phi) is 5.13. The third-order valence-corrected chi connectivity index (χ3v) is 4.09. The number of carboxylic acids is 1. The monoisotopic (exact) mass is 308 g/mol. The number of likely N-dealkylation sites (N-methyl/N-ethyl adjacent to an activating group) is 1. The molecule has 1 saturated heterocycles. The number of amides is 1. The maximum absolute atomic E-state index is 13.1. The van der Waals surface area contributed by atoms with Gasteiger partial charge in [-0.2, -0.15) is 0 Å². The van der Waals surface area contributed by atoms with E-state index in [-0.39, 0.29) is 17.6 Å². The van der Waals surface area contributed by atoms with Gasteiger partial charge in [-0.3, -0.25) is 14.5 Å². The minimum absolute atomic E-state index is 0.0690. The van der Waals surface area contributed by atoms with Gasteiger partial charge in [-0.15, -0.1) is 0 Å². The molecule has 0 spiro atoms. The summed E-state index contributed by atoms with van der Waals surface area (Å²) in [5, 5.41) is 9.02. The summed E-state index contributed by atoms with van der Waals surface area (Å²) in [6.07, 6.45) is 0.954. The number of rotatable bonds is 4. The van der Waals surface area contributed by atoms with Crippen molar-refractivity contribution in [3.63, 3.8) is 0 Å². The van der Waals surface area contributed by atoms with Gasteiger partial charge in [0, 0.05) is 13.1 Å². The molecule has 0 aliphatic carbocycles. The molecule has 1 aromatic rings. The molecule has 0 saturated carbocycles. The molecule has 0 radical (unpaired) electrons. The first kappa shape index (κ1) is 16.4. The maximum atomic E-state index is 13.1. The molecule has 1 heterocycles. The van der Waals surface area contributed by atoms with E-state index in [0.717, 1.165) is 5.56 Å². The van der Waals surface area contributed by atoms with Gasteiger partial charge in [0.15, 0.2) is 0 Å². The number of nitrogens with zero attached hydrogens (tertiary/aromatic N) is 2. The van der Waals surface area contributed by atoms with Crippen LogP contribution in [-0.2, 0) is 9.59 Å². The van der Waals surface area contributed by atoms with Crippen molar-refractivity contribution >= 4 is 11.9 Å². The van der Waals surface area contributed by atoms with Crippen LogP contribution in [-0.4, -0.2) is 54.0 Å². The highest BCUT2D eigenvalue weighted by atomic mass is 19.1. The molecule has 22 heavy (non-hydrogen) atoms. The maximum Gasteiger partial charge on any atom is 0.306 e. The molecule has 1 aliphatic heterocycles. The number of benzene rings is 1. The van der Waals surface area contributed by atoms with E-state index in [1.807, 2.05) is 0 Å². The average molecular weight is 308 g/mol. The summed E-state index contributed by atoms with van der Waals surface area (Å²) >= 11 is 0. The molecule has 0 aromatic heterocycles. The molecule has 0 bridgehead atoms. The molecule has 1 amide bonds. The Morgan fingerprint density at radius 1 is 1.23 bits per heavy atom. The van der Waals surface area contributed by atoms with Gasteiger partial charge in [0.25, 0.3) is 0 Å². The van der Waals surface area contributed by atoms with Crippen molar-refractivity contribution in [2.24, 2.45) is 5.92 Å². The third kappa shape index (κ3) is 3.62. The van der Waals surface area contributed by atoms with Crippen LogP contribution >= 0.6 is 0 Å². The summed E-state index contributed by atoms with van der Waals surface area (Å²) in [7, 11) is 3.60. The molecule has 1 fully saturated rings. The molecule has 2 rings (SSSR count). The van der Waals surface area contributed by atoms with Crippen LogP contribution in [0.3, 0.4) is 0 Å². The van der Waals surface area contributed by atoms with Crippen molar-refractivity contribution in [1.29, 1.82) is 0 Å². The highest BCUT2D eigenvalue weighted by Gasteiger charge is 2.32. The van der Waals surface area contributed by atoms with Gasteiger partial charge in [-0.05, 0) is 44.6 Å². The first-order valence-corrected chi connectivity index (χ1v) is 7.33. The molecule has 5 nitrogen and oxygen atoms in total. The second-order valence-corrected chi connectivity index (χ2v) is 5.86. The van der Waals surface area contributed by atoms with Crippen molar-refractivity contribution in [2.75, 3.05) is 27.2 Å². The van der Waals surface area contributed by atoms with E-state index in [2.05, 4.69) is 0 Å². The van der Waals surface area contributed by atoms with E-state index >= 15 is 0 Å². The van der Waals surface area contributed by atoms with Gasteiger partial charge in [0.2, 0.25) is 5.91 Å². The summed E-state index contributed by atoms with van der Waals surface area (Å²) in [6, 6.07) is 5.43. The Balaban J connectivity index is 2.11. The fourth-order valence-electron chi connectivity index (χ4n) is 2.83. The van der Waals surface area contributed by atoms with E-state index in [4.69, 9.17) is 5.11 Å². The summed E-state index contributed by atoms with van der Waals surface area (Å²) in [5.74, 6) is -1.57. The smallest absolute Gasteiger partial charge is 0.306 e. The summed E-state index contributed by atoms with van der Waals surface area (Å²) in [5.41, 5.74) is 0.733. The van der Waals surface area contributed by atoms with Crippen molar-refractivity contribution in [2.45, 2.75) is 18.9 Å². The van der Waals surface area contributed by atoms with Gasteiger partial charge < -0.3 is 10.0 Å². The number of likely N-dealkylation sites (tertiary alicyclic amines) is 1. The Morgan fingerprint density at radius 3 is 2.23 bits per heavy atom. The summed E-state index contributed by atoms with van der Waals surface area (Å²) < 4.78 is 13.1. The van der Waals surface area contributed by atoms with Gasteiger partial charge in [0.05, 0.1) is 5.92 Å². The molecule has 120 valence electrons. The number of aliphatic carboxylic acids is 1. The number of carbonyl (C=O) groups excluding carboxylic acids is 1. The molecule has 6 heteroatoms. The first-order chi connectivity index (χ1) is 10.4. The quantitative estimate of drug-likeness (QED) is 0.920. The van der Waals surface area contributed by atoms with Crippen LogP contribution < -0.4 is 0 Å². The zero-order valence-corrected chi connectivity index (χ0v) is 12.8. The normalized spacial score (nSPS) is 17.5. The Bertz CT molecular complexity index is 537.